The number of aromatic hydroxyl groups is 1. The van der Waals surface area contributed by atoms with Gasteiger partial charge in [0.15, 0.2) is 0 Å². The molecule has 0 bridgehead atoms. The second kappa shape index (κ2) is 60.7. The number of hydrogen-bond acceptors (Lipinski definition) is 27. The molecule has 14 aromatic rings. The van der Waals surface area contributed by atoms with Crippen LogP contribution in [0.25, 0.3) is 0 Å². The Bertz CT molecular complexity index is 6880. The smallest absolute Gasteiger partial charge is 0.302 e. The number of alkyl halides is 1. The summed E-state index contributed by atoms with van der Waals surface area (Å²) in [5.41, 5.74) is 18.3. The monoisotopic (exact) mass is 2400 g/mol. The highest BCUT2D eigenvalue weighted by Gasteiger charge is 2.27. The number of rotatable bonds is 25. The fourth-order valence-electron chi connectivity index (χ4n) is 14.2. The van der Waals surface area contributed by atoms with Crippen molar-refractivity contribution >= 4 is 208 Å². The predicted octanol–water partition coefficient (Wildman–Crippen LogP) is 36.0. The van der Waals surface area contributed by atoms with Crippen molar-refractivity contribution in [2.75, 3.05) is 0 Å². The minimum absolute atomic E-state index is 0.0164. The Morgan fingerprint density at radius 1 is 0.300 bits per heavy atom. The lowest BCUT2D eigenvalue weighted by atomic mass is 10.1. The number of phenols is 1. The number of esters is 1. The first-order valence-electron chi connectivity index (χ1n) is 46.1. The molecule has 0 fully saturated rings. The molecule has 0 radical (unpaired) electrons. The molecule has 0 spiro atoms. The molecule has 150 heavy (non-hydrogen) atoms. The van der Waals surface area contributed by atoms with Crippen molar-refractivity contribution in [1.29, 1.82) is 0 Å². The van der Waals surface area contributed by atoms with Crippen molar-refractivity contribution < 1.29 is 58.2 Å². The largest absolute Gasteiger partial charge is 0.508 e. The topological polar surface area (TPSA) is 352 Å². The van der Waals surface area contributed by atoms with E-state index >= 15 is 0 Å². The molecule has 0 atom stereocenters. The second-order valence-corrected chi connectivity index (χ2v) is 41.7. The summed E-state index contributed by atoms with van der Waals surface area (Å²) in [5, 5.41) is 33.4. The van der Waals surface area contributed by atoms with Gasteiger partial charge >= 0.3 is 5.97 Å². The van der Waals surface area contributed by atoms with E-state index in [0.29, 0.717) is 124 Å². The van der Waals surface area contributed by atoms with Crippen molar-refractivity contribution in [2.24, 2.45) is 5.16 Å². The average molecular weight is 2410 g/mol. The van der Waals surface area contributed by atoms with Crippen LogP contribution in [0.3, 0.4) is 0 Å². The molecule has 3 N–H and O–H groups in total. The highest BCUT2D eigenvalue weighted by molar-refractivity contribution is 9.08. The fraction of sp³-hybridized carbons (Fsp3) is 0.318. The van der Waals surface area contributed by atoms with Crippen LogP contribution in [0.4, 0.5) is 0 Å². The summed E-state index contributed by atoms with van der Waals surface area (Å²) in [6.45, 7) is 46.8. The van der Waals surface area contributed by atoms with Gasteiger partial charge in [0.05, 0.1) is 46.2 Å². The quantitative estimate of drug-likeness (QED) is 0.00699. The molecule has 0 aliphatic heterocycles. The third-order valence-electron chi connectivity index (χ3n) is 20.2. The van der Waals surface area contributed by atoms with Gasteiger partial charge in [0.25, 0.3) is 0 Å². The molecule has 27 nitrogen and oxygen atoms in total. The maximum Gasteiger partial charge on any atom is 0.302 e. The highest BCUT2D eigenvalue weighted by atomic mass is 79.9. The lowest BCUT2D eigenvalue weighted by molar-refractivity contribution is -0.142. The lowest BCUT2D eigenvalue weighted by Crippen LogP contribution is -2.02. The Hall–Kier alpha value is -9.90. The van der Waals surface area contributed by atoms with E-state index in [4.69, 9.17) is 217 Å². The number of aliphatic hydroxyl groups excluding tert-OH is 1. The van der Waals surface area contributed by atoms with E-state index in [1.54, 1.807) is 48.5 Å². The Balaban J connectivity index is 0.000000234. The molecule has 7 aromatic heterocycles. The van der Waals surface area contributed by atoms with Crippen molar-refractivity contribution in [1.82, 2.24) is 69.8 Å². The Labute approximate surface area is 957 Å². The van der Waals surface area contributed by atoms with Crippen LogP contribution in [0.2, 0.25) is 78.2 Å². The second-order valence-electron chi connectivity index (χ2n) is 35.9. The summed E-state index contributed by atoms with van der Waals surface area (Å²) in [4.78, 5) is 78.0. The summed E-state index contributed by atoms with van der Waals surface area (Å²) in [6.07, 6.45) is 2.09. The van der Waals surface area contributed by atoms with Crippen LogP contribution >= 0.6 is 190 Å². The van der Waals surface area contributed by atoms with Crippen molar-refractivity contribution in [3.8, 4) is 75.5 Å². The van der Waals surface area contributed by atoms with E-state index < -0.39 is 0 Å². The van der Waals surface area contributed by atoms with Gasteiger partial charge in [0.1, 0.15) is 94.4 Å². The summed E-state index contributed by atoms with van der Waals surface area (Å²) < 4.78 is 40.2. The van der Waals surface area contributed by atoms with Gasteiger partial charge in [-0.2, -0.15) is 29.9 Å². The van der Waals surface area contributed by atoms with Gasteiger partial charge in [-0.1, -0.05) is 247 Å². The molecule has 14 rings (SSSR count). The summed E-state index contributed by atoms with van der Waals surface area (Å²) in [5.74, 6) is 6.48. The number of benzene rings is 7. The maximum atomic E-state index is 11.0. The van der Waals surface area contributed by atoms with Crippen LogP contribution in [0.15, 0.2) is 133 Å². The van der Waals surface area contributed by atoms with E-state index in [9.17, 15) is 14.7 Å². The van der Waals surface area contributed by atoms with Crippen molar-refractivity contribution in [3.63, 3.8) is 0 Å². The number of carbonyl (C=O) groups is 2. The molecule has 0 saturated heterocycles. The zero-order valence-electron chi connectivity index (χ0n) is 86.2. The van der Waals surface area contributed by atoms with Crippen LogP contribution < -0.4 is 28.4 Å². The van der Waals surface area contributed by atoms with E-state index in [1.165, 1.54) is 13.1 Å². The van der Waals surface area contributed by atoms with Crippen LogP contribution in [-0.2, 0) is 28.1 Å². The van der Waals surface area contributed by atoms with E-state index in [1.807, 2.05) is 226 Å². The molecule has 0 aliphatic rings. The Kier molecular flexibility index (Phi) is 51.4. The van der Waals surface area contributed by atoms with Gasteiger partial charge in [-0.3, -0.25) is 9.59 Å². The minimum atomic E-state index is -0.338. The number of aromatic nitrogens is 14. The number of hydrogen-bond donors (Lipinski definition) is 3. The maximum absolute atomic E-state index is 11.0. The third kappa shape index (κ3) is 40.8. The molecular formula is C107H111BrCl15N15O12. The standard InChI is InChI=1S/C17H18Cl2N2O3.C15H15BrCl2N2O.C15H15Cl2N3O2.C15H16Cl2N2O2.C15H14Cl2N2O2.C15H16Cl2N2O.C8H10O.C7H7Cl3N2/c1-9(2)14-15(18)20-17(19)21-16(14)24-13-6-10(3)5-12(7-13)8-23-11(4)22;1-8(2)12-13(17)19-15(18)20-14(12)21-11-5-9(3)4-10(6-11)7-16;1-8(2)12-13(16)19-15(17)20-14(12)22-11-5-9(3)4-10(6-11)7-18-21;2*1-8(2)12-13(16)18-15(17)19-14(12)21-11-5-9(3)4-10(6-11)7-20;1-8(2)12-13(16)18-15(17)19-14(12)20-11-6-9(3)5-10(4)7-11;1-6-3-7(2)5-8(9)4-6;1-3(2)4-5(8)11-7(10)12-6(4)9/h5-7,9H,8H2,1-4H3;4-6,8H,7H2,1-3H3;4-8,21H,1-3H3;4-6,8,20H,7H2,1-3H3;4-8H,1-3H3;5-8H,1-4H3;3-5,9H,1-2H3;3H,1-2H3/b;;18-7+;;;;;. The molecule has 0 amide bonds. The summed E-state index contributed by atoms with van der Waals surface area (Å²) in [6, 6.07) is 39.1. The van der Waals surface area contributed by atoms with Crippen LogP contribution in [0.5, 0.6) is 75.5 Å². The number of phenolic OH excluding ortho intramolecular Hbond substituents is 1. The van der Waals surface area contributed by atoms with Crippen molar-refractivity contribution in [2.45, 2.75) is 226 Å². The minimum Gasteiger partial charge on any atom is -0.508 e. The Morgan fingerprint density at radius 2 is 0.513 bits per heavy atom. The number of carbonyl (C=O) groups excluding carboxylic acids is 2. The predicted molar refractivity (Wildman–Crippen MR) is 607 cm³/mol. The zero-order valence-corrected chi connectivity index (χ0v) is 99.1. The fourth-order valence-corrected chi connectivity index (χ4v) is 19.1. The van der Waals surface area contributed by atoms with Gasteiger partial charge in [-0.15, -0.1) is 0 Å². The zero-order chi connectivity index (χ0) is 112. The molecule has 0 unspecified atom stereocenters. The number of ether oxygens (including phenoxy) is 7. The molecular weight excluding hydrogens is 2300 g/mol. The molecule has 43 heteroatoms. The van der Waals surface area contributed by atoms with Gasteiger partial charge in [0.2, 0.25) is 72.3 Å². The van der Waals surface area contributed by atoms with E-state index in [0.717, 1.165) is 101 Å². The van der Waals surface area contributed by atoms with Gasteiger partial charge < -0.3 is 48.6 Å². The molecule has 798 valence electrons. The third-order valence-corrected chi connectivity index (χ3v) is 24.3. The summed E-state index contributed by atoms with van der Waals surface area (Å²) in [7, 11) is 0. The van der Waals surface area contributed by atoms with Crippen LogP contribution in [0.1, 0.15) is 267 Å². The summed E-state index contributed by atoms with van der Waals surface area (Å²) >= 11 is 92.7. The molecule has 7 aromatic carbocycles. The molecule has 0 saturated carbocycles. The molecule has 7 heterocycles. The van der Waals surface area contributed by atoms with Crippen LogP contribution in [0, 0.1) is 62.3 Å². The van der Waals surface area contributed by atoms with Gasteiger partial charge in [-0.25, -0.2) is 39.9 Å². The Morgan fingerprint density at radius 3 is 0.767 bits per heavy atom. The highest BCUT2D eigenvalue weighted by Crippen LogP contribution is 2.44. The number of oxime groups is 1. The normalized spacial score (nSPS) is 10.9. The van der Waals surface area contributed by atoms with Crippen LogP contribution in [-0.4, -0.2) is 104 Å². The van der Waals surface area contributed by atoms with Gasteiger partial charge in [-0.05, 0) is 343 Å². The van der Waals surface area contributed by atoms with Crippen molar-refractivity contribution in [3.05, 3.63) is 322 Å². The first kappa shape index (κ1) is 127. The van der Waals surface area contributed by atoms with E-state index in [2.05, 4.69) is 103 Å². The SMILES string of the molecule is CC(=O)OCc1cc(C)cc(Oc2nc(Cl)nc(Cl)c2C(C)C)c1.CC(C)c1c(Cl)nc(Cl)nc1Cl.Cc1cc(/C=N/O)cc(Oc2nc(Cl)nc(Cl)c2C(C)C)c1.Cc1cc(C)cc(O)c1.Cc1cc(C)cc(Oc2nc(Cl)nc(Cl)c2C(C)C)c1.Cc1cc(C=O)cc(Oc2nc(Cl)nc(Cl)c2C(C)C)c1.Cc1cc(CBr)cc(Oc2nc(Cl)nc(Cl)c2C(C)C)c1.Cc1cc(CO)cc(Oc2nc(Cl)nc(Cl)c2C(C)C)c1. The molecule has 0 aliphatic carbocycles. The lowest BCUT2D eigenvalue weighted by Gasteiger charge is -2.15. The number of halogens is 16. The first-order chi connectivity index (χ1) is 70.4. The van der Waals surface area contributed by atoms with E-state index in [-0.39, 0.29) is 118 Å². The average Bonchev–Trinajstić information content (AvgIpc) is 0.828. The number of aryl methyl sites for hydroxylation is 9. The van der Waals surface area contributed by atoms with Gasteiger partial charge in [0, 0.05) is 28.9 Å². The number of aliphatic hydroxyl groups is 1. The first-order valence-corrected chi connectivity index (χ1v) is 52.9. The number of aldehydes is 1. The number of nitrogens with zero attached hydrogens (tertiary/aromatic N) is 15.